The average Bonchev–Trinajstić information content (AvgIpc) is 3.63. The summed E-state index contributed by atoms with van der Waals surface area (Å²) in [6, 6.07) is 16.9. The molecule has 1 heterocycles. The molecule has 166 valence electrons. The highest BCUT2D eigenvalue weighted by Crippen LogP contribution is 2.30. The molecule has 2 aliphatic rings. The number of nitrogens with one attached hydrogen (secondary N) is 1. The molecule has 4 rings (SSSR count). The molecule has 1 aliphatic carbocycles. The van der Waals surface area contributed by atoms with Crippen LogP contribution in [0.1, 0.15) is 24.0 Å². The molecule has 0 bridgehead atoms. The second kappa shape index (κ2) is 10.5. The molecule has 6 nitrogen and oxygen atoms in total. The van der Waals surface area contributed by atoms with Crippen molar-refractivity contribution < 1.29 is 4.74 Å². The largest absolute Gasteiger partial charge is 0.497 e. The summed E-state index contributed by atoms with van der Waals surface area (Å²) in [7, 11) is 1.68. The van der Waals surface area contributed by atoms with Crippen LogP contribution in [-0.2, 0) is 13.0 Å². The molecule has 2 aromatic carbocycles. The number of methoxy groups -OCH3 is 1. The molecular weight excluding hydrogens is 386 g/mol. The second-order valence-corrected chi connectivity index (χ2v) is 8.62. The SMILES string of the molecule is COc1ccc(CCNC(N)=NCc2ccc(N3CCN(CC4CC4)CC3)cc2)cc1. The second-order valence-electron chi connectivity index (χ2n) is 8.62. The predicted octanol–water partition coefficient (Wildman–Crippen LogP) is 2.87. The van der Waals surface area contributed by atoms with Gasteiger partial charge in [0.15, 0.2) is 5.96 Å². The van der Waals surface area contributed by atoms with Gasteiger partial charge in [-0.05, 0) is 60.6 Å². The number of nitrogens with zero attached hydrogens (tertiary/aromatic N) is 3. The first kappa shape index (κ1) is 21.5. The maximum atomic E-state index is 6.04. The Bertz CT molecular complexity index is 837. The van der Waals surface area contributed by atoms with Crippen LogP contribution in [0, 0.1) is 5.92 Å². The van der Waals surface area contributed by atoms with Gasteiger partial charge in [-0.25, -0.2) is 4.99 Å². The molecule has 0 spiro atoms. The van der Waals surface area contributed by atoms with E-state index in [4.69, 9.17) is 10.5 Å². The fraction of sp³-hybridized carbons (Fsp3) is 0.480. The van der Waals surface area contributed by atoms with Gasteiger partial charge in [0.25, 0.3) is 0 Å². The minimum absolute atomic E-state index is 0.490. The topological polar surface area (TPSA) is 66.1 Å². The van der Waals surface area contributed by atoms with Crippen LogP contribution in [0.25, 0.3) is 0 Å². The lowest BCUT2D eigenvalue weighted by molar-refractivity contribution is 0.248. The minimum Gasteiger partial charge on any atom is -0.497 e. The zero-order chi connectivity index (χ0) is 21.5. The average molecular weight is 422 g/mol. The smallest absolute Gasteiger partial charge is 0.188 e. The Balaban J connectivity index is 1.18. The molecule has 0 amide bonds. The Morgan fingerprint density at radius 1 is 1.00 bits per heavy atom. The molecule has 3 N–H and O–H groups in total. The van der Waals surface area contributed by atoms with E-state index in [9.17, 15) is 0 Å². The van der Waals surface area contributed by atoms with Crippen LogP contribution in [-0.4, -0.2) is 57.2 Å². The van der Waals surface area contributed by atoms with E-state index in [0.717, 1.165) is 37.7 Å². The van der Waals surface area contributed by atoms with Crippen LogP contribution in [0.4, 0.5) is 5.69 Å². The Hall–Kier alpha value is -2.73. The Morgan fingerprint density at radius 3 is 2.32 bits per heavy atom. The highest BCUT2D eigenvalue weighted by Gasteiger charge is 2.26. The van der Waals surface area contributed by atoms with E-state index in [0.29, 0.717) is 12.5 Å². The number of nitrogens with two attached hydrogens (primary N) is 1. The first-order valence-corrected chi connectivity index (χ1v) is 11.4. The fourth-order valence-corrected chi connectivity index (χ4v) is 4.03. The number of piperazine rings is 1. The monoisotopic (exact) mass is 421 g/mol. The number of hydrogen-bond donors (Lipinski definition) is 2. The Morgan fingerprint density at radius 2 is 1.68 bits per heavy atom. The van der Waals surface area contributed by atoms with Gasteiger partial charge >= 0.3 is 0 Å². The van der Waals surface area contributed by atoms with E-state index in [1.807, 2.05) is 12.1 Å². The van der Waals surface area contributed by atoms with Crippen LogP contribution in [0.3, 0.4) is 0 Å². The molecule has 1 aliphatic heterocycles. The van der Waals surface area contributed by atoms with Crippen molar-refractivity contribution in [3.05, 3.63) is 59.7 Å². The highest BCUT2D eigenvalue weighted by atomic mass is 16.5. The van der Waals surface area contributed by atoms with Crippen molar-refractivity contribution in [1.29, 1.82) is 0 Å². The molecule has 1 saturated heterocycles. The van der Waals surface area contributed by atoms with E-state index in [1.165, 1.54) is 49.3 Å². The molecule has 0 unspecified atom stereocenters. The van der Waals surface area contributed by atoms with Crippen molar-refractivity contribution in [3.63, 3.8) is 0 Å². The summed E-state index contributed by atoms with van der Waals surface area (Å²) in [5.74, 6) is 2.35. The maximum Gasteiger partial charge on any atom is 0.188 e. The summed E-state index contributed by atoms with van der Waals surface area (Å²) in [4.78, 5) is 9.60. The van der Waals surface area contributed by atoms with Gasteiger partial charge < -0.3 is 20.7 Å². The van der Waals surface area contributed by atoms with Gasteiger partial charge in [-0.15, -0.1) is 0 Å². The molecule has 0 atom stereocenters. The lowest BCUT2D eigenvalue weighted by Crippen LogP contribution is -2.47. The molecule has 2 fully saturated rings. The summed E-state index contributed by atoms with van der Waals surface area (Å²) in [5, 5.41) is 3.20. The number of hydrogen-bond acceptors (Lipinski definition) is 4. The van der Waals surface area contributed by atoms with Crippen molar-refractivity contribution in [2.45, 2.75) is 25.8 Å². The minimum atomic E-state index is 0.490. The van der Waals surface area contributed by atoms with Crippen molar-refractivity contribution >= 4 is 11.6 Å². The third-order valence-corrected chi connectivity index (χ3v) is 6.20. The fourth-order valence-electron chi connectivity index (χ4n) is 4.03. The quantitative estimate of drug-likeness (QED) is 0.481. The number of ether oxygens (including phenoxy) is 1. The third kappa shape index (κ3) is 6.62. The van der Waals surface area contributed by atoms with Crippen LogP contribution < -0.4 is 20.7 Å². The Labute approximate surface area is 186 Å². The molecular formula is C25H35N5O. The van der Waals surface area contributed by atoms with Crippen molar-refractivity contribution in [3.8, 4) is 5.75 Å². The highest BCUT2D eigenvalue weighted by molar-refractivity contribution is 5.77. The molecule has 0 aromatic heterocycles. The van der Waals surface area contributed by atoms with E-state index in [2.05, 4.69) is 56.5 Å². The Kier molecular flexibility index (Phi) is 7.30. The molecule has 0 radical (unpaired) electrons. The summed E-state index contributed by atoms with van der Waals surface area (Å²) in [6.07, 6.45) is 3.77. The summed E-state index contributed by atoms with van der Waals surface area (Å²) in [6.45, 7) is 7.26. The van der Waals surface area contributed by atoms with E-state index in [1.54, 1.807) is 7.11 Å². The molecule has 1 saturated carbocycles. The van der Waals surface area contributed by atoms with E-state index >= 15 is 0 Å². The lowest BCUT2D eigenvalue weighted by Gasteiger charge is -2.36. The number of guanidine groups is 1. The lowest BCUT2D eigenvalue weighted by atomic mass is 10.1. The van der Waals surface area contributed by atoms with E-state index in [-0.39, 0.29) is 0 Å². The first-order chi connectivity index (χ1) is 15.2. The van der Waals surface area contributed by atoms with Crippen LogP contribution in [0.5, 0.6) is 5.75 Å². The summed E-state index contributed by atoms with van der Waals surface area (Å²) >= 11 is 0. The molecule has 2 aromatic rings. The standard InChI is InChI=1S/C25H35N5O/c1-31-24-10-6-20(7-11-24)12-13-27-25(26)28-18-21-4-8-23(9-5-21)30-16-14-29(15-17-30)19-22-2-3-22/h4-11,22H,2-3,12-19H2,1H3,(H3,26,27,28). The van der Waals surface area contributed by atoms with Crippen LogP contribution >= 0.6 is 0 Å². The van der Waals surface area contributed by atoms with Gasteiger partial charge in [-0.1, -0.05) is 24.3 Å². The summed E-state index contributed by atoms with van der Waals surface area (Å²) in [5.41, 5.74) is 9.76. The number of rotatable bonds is 9. The van der Waals surface area contributed by atoms with Crippen molar-refractivity contribution in [2.24, 2.45) is 16.6 Å². The predicted molar refractivity (Wildman–Crippen MR) is 128 cm³/mol. The molecule has 6 heteroatoms. The van der Waals surface area contributed by atoms with E-state index < -0.39 is 0 Å². The number of aliphatic imine (C=N–C) groups is 1. The normalized spacial score (nSPS) is 17.6. The van der Waals surface area contributed by atoms with Crippen LogP contribution in [0.15, 0.2) is 53.5 Å². The number of benzene rings is 2. The van der Waals surface area contributed by atoms with Gasteiger partial charge in [0.05, 0.1) is 13.7 Å². The van der Waals surface area contributed by atoms with Crippen LogP contribution in [0.2, 0.25) is 0 Å². The van der Waals surface area contributed by atoms with Gasteiger partial charge in [-0.3, -0.25) is 4.90 Å². The first-order valence-electron chi connectivity index (χ1n) is 11.4. The van der Waals surface area contributed by atoms with Gasteiger partial charge in [0.1, 0.15) is 5.75 Å². The van der Waals surface area contributed by atoms with Crippen molar-refractivity contribution in [2.75, 3.05) is 51.3 Å². The zero-order valence-electron chi connectivity index (χ0n) is 18.6. The summed E-state index contributed by atoms with van der Waals surface area (Å²) < 4.78 is 5.19. The van der Waals surface area contributed by atoms with Crippen molar-refractivity contribution in [1.82, 2.24) is 10.2 Å². The maximum absolute atomic E-state index is 6.04. The zero-order valence-corrected chi connectivity index (χ0v) is 18.6. The third-order valence-electron chi connectivity index (χ3n) is 6.20. The van der Waals surface area contributed by atoms with Gasteiger partial charge in [0, 0.05) is 45.0 Å². The van der Waals surface area contributed by atoms with Gasteiger partial charge in [0.2, 0.25) is 0 Å². The van der Waals surface area contributed by atoms with Gasteiger partial charge in [-0.2, -0.15) is 0 Å². The molecule has 31 heavy (non-hydrogen) atoms. The number of anilines is 1.